The van der Waals surface area contributed by atoms with Crippen molar-refractivity contribution in [1.82, 2.24) is 10.2 Å². The average molecular weight is 419 g/mol. The van der Waals surface area contributed by atoms with Crippen LogP contribution in [0.5, 0.6) is 0 Å². The Morgan fingerprint density at radius 1 is 0.933 bits per heavy atom. The third-order valence-electron chi connectivity index (χ3n) is 4.45. The fourth-order valence-corrected chi connectivity index (χ4v) is 3.05. The van der Waals surface area contributed by atoms with Gasteiger partial charge in [-0.25, -0.2) is 4.79 Å². The van der Waals surface area contributed by atoms with Gasteiger partial charge in [0.05, 0.1) is 17.1 Å². The lowest BCUT2D eigenvalue weighted by molar-refractivity contribution is 0.262. The van der Waals surface area contributed by atoms with Crippen LogP contribution in [0.4, 0.5) is 16.2 Å². The van der Waals surface area contributed by atoms with E-state index in [-0.39, 0.29) is 6.03 Å². The molecule has 0 aliphatic carbocycles. The van der Waals surface area contributed by atoms with Gasteiger partial charge in [0.15, 0.2) is 0 Å². The summed E-state index contributed by atoms with van der Waals surface area (Å²) in [5.41, 5.74) is 4.26. The standard InChI is InChI=1S/C23H19ClN4O2/c1-15-6-8-16(9-7-15)14-21-27-28-22(30-21)17-10-12-18(13-11-17)25-23(29)26-20-5-3-2-4-19(20)24/h2-13H,14H2,1H3,(H2,25,26,29). The third kappa shape index (κ3) is 4.85. The van der Waals surface area contributed by atoms with E-state index in [9.17, 15) is 4.79 Å². The summed E-state index contributed by atoms with van der Waals surface area (Å²) in [4.78, 5) is 12.2. The summed E-state index contributed by atoms with van der Waals surface area (Å²) < 4.78 is 5.78. The molecule has 1 aromatic heterocycles. The molecule has 150 valence electrons. The molecule has 1 heterocycles. The molecular formula is C23H19ClN4O2. The highest BCUT2D eigenvalue weighted by Crippen LogP contribution is 2.23. The van der Waals surface area contributed by atoms with E-state index in [0.29, 0.717) is 34.6 Å². The molecule has 4 rings (SSSR count). The number of nitrogens with one attached hydrogen (secondary N) is 2. The van der Waals surface area contributed by atoms with Gasteiger partial charge in [0.1, 0.15) is 0 Å². The lowest BCUT2D eigenvalue weighted by Crippen LogP contribution is -2.19. The highest BCUT2D eigenvalue weighted by molar-refractivity contribution is 6.33. The Hall–Kier alpha value is -3.64. The van der Waals surface area contributed by atoms with Crippen molar-refractivity contribution in [2.24, 2.45) is 0 Å². The summed E-state index contributed by atoms with van der Waals surface area (Å²) in [6.07, 6.45) is 0.579. The number of hydrogen-bond donors (Lipinski definition) is 2. The Labute approximate surface area is 178 Å². The minimum atomic E-state index is -0.381. The van der Waals surface area contributed by atoms with E-state index in [0.717, 1.165) is 11.1 Å². The number of nitrogens with zero attached hydrogens (tertiary/aromatic N) is 2. The van der Waals surface area contributed by atoms with Crippen LogP contribution in [-0.4, -0.2) is 16.2 Å². The van der Waals surface area contributed by atoms with Crippen molar-refractivity contribution in [3.8, 4) is 11.5 Å². The quantitative estimate of drug-likeness (QED) is 0.420. The van der Waals surface area contributed by atoms with Gasteiger partial charge in [-0.3, -0.25) is 0 Å². The SMILES string of the molecule is Cc1ccc(Cc2nnc(-c3ccc(NC(=O)Nc4ccccc4Cl)cc3)o2)cc1. The van der Waals surface area contributed by atoms with E-state index >= 15 is 0 Å². The zero-order chi connectivity index (χ0) is 20.9. The van der Waals surface area contributed by atoms with Gasteiger partial charge in [-0.15, -0.1) is 10.2 Å². The number of carbonyl (C=O) groups excluding carboxylic acids is 1. The van der Waals surface area contributed by atoms with Crippen molar-refractivity contribution < 1.29 is 9.21 Å². The molecule has 4 aromatic rings. The van der Waals surface area contributed by atoms with E-state index in [1.54, 1.807) is 36.4 Å². The lowest BCUT2D eigenvalue weighted by atomic mass is 10.1. The van der Waals surface area contributed by atoms with Crippen molar-refractivity contribution in [3.63, 3.8) is 0 Å². The Morgan fingerprint density at radius 3 is 2.40 bits per heavy atom. The number of hydrogen-bond acceptors (Lipinski definition) is 4. The molecule has 0 saturated heterocycles. The van der Waals surface area contributed by atoms with Crippen molar-refractivity contribution >= 4 is 29.0 Å². The second-order valence-electron chi connectivity index (χ2n) is 6.80. The van der Waals surface area contributed by atoms with Crippen LogP contribution in [0.1, 0.15) is 17.0 Å². The molecule has 6 nitrogen and oxygen atoms in total. The average Bonchev–Trinajstić information content (AvgIpc) is 3.20. The number of carbonyl (C=O) groups is 1. The number of rotatable bonds is 5. The summed E-state index contributed by atoms with van der Waals surface area (Å²) in [6.45, 7) is 2.05. The van der Waals surface area contributed by atoms with E-state index in [2.05, 4.69) is 33.0 Å². The smallest absolute Gasteiger partial charge is 0.323 e. The van der Waals surface area contributed by atoms with Crippen LogP contribution in [-0.2, 0) is 6.42 Å². The first-order chi connectivity index (χ1) is 14.6. The predicted molar refractivity (Wildman–Crippen MR) is 118 cm³/mol. The van der Waals surface area contributed by atoms with Crippen molar-refractivity contribution in [3.05, 3.63) is 94.8 Å². The summed E-state index contributed by atoms with van der Waals surface area (Å²) in [7, 11) is 0. The predicted octanol–water partition coefficient (Wildman–Crippen LogP) is 5.93. The van der Waals surface area contributed by atoms with E-state index < -0.39 is 0 Å². The number of halogens is 1. The second-order valence-corrected chi connectivity index (χ2v) is 7.21. The molecule has 0 saturated carbocycles. The number of amides is 2. The first kappa shape index (κ1) is 19.7. The van der Waals surface area contributed by atoms with Gasteiger partial charge in [-0.05, 0) is 48.9 Å². The topological polar surface area (TPSA) is 80.0 Å². The second kappa shape index (κ2) is 8.80. The molecule has 0 aliphatic rings. The Balaban J connectivity index is 1.39. The van der Waals surface area contributed by atoms with Crippen molar-refractivity contribution in [1.29, 1.82) is 0 Å². The Kier molecular flexibility index (Phi) is 5.77. The number of benzene rings is 3. The highest BCUT2D eigenvalue weighted by Gasteiger charge is 2.10. The van der Waals surface area contributed by atoms with Gasteiger partial charge in [0, 0.05) is 11.3 Å². The molecule has 0 aliphatic heterocycles. The minimum absolute atomic E-state index is 0.381. The summed E-state index contributed by atoms with van der Waals surface area (Å²) >= 11 is 6.05. The Morgan fingerprint density at radius 2 is 1.67 bits per heavy atom. The molecule has 0 fully saturated rings. The van der Waals surface area contributed by atoms with Crippen LogP contribution in [0.2, 0.25) is 5.02 Å². The van der Waals surface area contributed by atoms with Crippen LogP contribution >= 0.6 is 11.6 Å². The molecule has 3 aromatic carbocycles. The van der Waals surface area contributed by atoms with Crippen molar-refractivity contribution in [2.75, 3.05) is 10.6 Å². The summed E-state index contributed by atoms with van der Waals surface area (Å²) in [6, 6.07) is 22.0. The number of urea groups is 1. The maximum absolute atomic E-state index is 12.2. The van der Waals surface area contributed by atoms with Gasteiger partial charge in [0.25, 0.3) is 0 Å². The van der Waals surface area contributed by atoms with Gasteiger partial charge >= 0.3 is 6.03 Å². The van der Waals surface area contributed by atoms with Gasteiger partial charge in [-0.1, -0.05) is 53.6 Å². The maximum atomic E-state index is 12.2. The fraction of sp³-hybridized carbons (Fsp3) is 0.0870. The van der Waals surface area contributed by atoms with Crippen LogP contribution in [0.25, 0.3) is 11.5 Å². The molecule has 30 heavy (non-hydrogen) atoms. The van der Waals surface area contributed by atoms with Crippen LogP contribution in [0, 0.1) is 6.92 Å². The van der Waals surface area contributed by atoms with Gasteiger partial charge in [0.2, 0.25) is 11.8 Å². The number of aryl methyl sites for hydroxylation is 1. The number of para-hydroxylation sites is 1. The highest BCUT2D eigenvalue weighted by atomic mass is 35.5. The summed E-state index contributed by atoms with van der Waals surface area (Å²) in [5, 5.41) is 14.2. The van der Waals surface area contributed by atoms with Crippen LogP contribution < -0.4 is 10.6 Å². The van der Waals surface area contributed by atoms with E-state index in [1.807, 2.05) is 31.2 Å². The molecule has 7 heteroatoms. The molecular weight excluding hydrogens is 400 g/mol. The largest absolute Gasteiger partial charge is 0.420 e. The molecule has 2 N–H and O–H groups in total. The zero-order valence-corrected chi connectivity index (χ0v) is 17.0. The molecule has 0 bridgehead atoms. The first-order valence-corrected chi connectivity index (χ1v) is 9.75. The van der Waals surface area contributed by atoms with Crippen LogP contribution in [0.15, 0.2) is 77.2 Å². The first-order valence-electron chi connectivity index (χ1n) is 9.38. The van der Waals surface area contributed by atoms with Gasteiger partial charge < -0.3 is 15.1 Å². The van der Waals surface area contributed by atoms with Crippen molar-refractivity contribution in [2.45, 2.75) is 13.3 Å². The molecule has 0 spiro atoms. The van der Waals surface area contributed by atoms with E-state index in [4.69, 9.17) is 16.0 Å². The molecule has 2 amide bonds. The molecule has 0 unspecified atom stereocenters. The van der Waals surface area contributed by atoms with Gasteiger partial charge in [-0.2, -0.15) is 0 Å². The molecule has 0 atom stereocenters. The van der Waals surface area contributed by atoms with E-state index in [1.165, 1.54) is 5.56 Å². The minimum Gasteiger partial charge on any atom is -0.420 e. The lowest BCUT2D eigenvalue weighted by Gasteiger charge is -2.09. The summed E-state index contributed by atoms with van der Waals surface area (Å²) in [5.74, 6) is 0.986. The normalized spacial score (nSPS) is 10.6. The third-order valence-corrected chi connectivity index (χ3v) is 4.78. The maximum Gasteiger partial charge on any atom is 0.323 e. The van der Waals surface area contributed by atoms with Crippen LogP contribution in [0.3, 0.4) is 0 Å². The number of anilines is 2. The fourth-order valence-electron chi connectivity index (χ4n) is 2.87. The Bertz CT molecular complexity index is 1150. The number of aromatic nitrogens is 2. The molecule has 0 radical (unpaired) electrons. The monoisotopic (exact) mass is 418 g/mol. The zero-order valence-electron chi connectivity index (χ0n) is 16.2.